The largest absolute Gasteiger partial charge is 0.478 e. The van der Waals surface area contributed by atoms with Crippen LogP contribution in [0.5, 0.6) is 0 Å². The van der Waals surface area contributed by atoms with E-state index in [2.05, 4.69) is 10.4 Å². The van der Waals surface area contributed by atoms with Crippen molar-refractivity contribution < 1.29 is 14.7 Å². The lowest BCUT2D eigenvalue weighted by atomic mass is 10.0. The minimum Gasteiger partial charge on any atom is -0.478 e. The Morgan fingerprint density at radius 2 is 1.93 bits per heavy atom. The highest BCUT2D eigenvalue weighted by atomic mass is 32.2. The van der Waals surface area contributed by atoms with E-state index in [4.69, 9.17) is 5.11 Å². The van der Waals surface area contributed by atoms with E-state index in [1.54, 1.807) is 12.1 Å². The predicted octanol–water partition coefficient (Wildman–Crippen LogP) is 3.71. The number of carbonyl (C=O) groups is 2. The first-order valence-electron chi connectivity index (χ1n) is 8.89. The van der Waals surface area contributed by atoms with Gasteiger partial charge >= 0.3 is 5.97 Å². The zero-order chi connectivity index (χ0) is 19.7. The third-order valence-electron chi connectivity index (χ3n) is 4.71. The number of aryl methyl sites for hydroxylation is 1. The number of carbonyl (C=O) groups excluding carboxylic acids is 1. The number of nitrogens with one attached hydrogen (secondary N) is 1. The molecule has 0 bridgehead atoms. The topological polar surface area (TPSA) is 84.2 Å². The van der Waals surface area contributed by atoms with E-state index in [0.29, 0.717) is 18.1 Å². The van der Waals surface area contributed by atoms with Gasteiger partial charge in [-0.05, 0) is 30.2 Å². The number of aromatic nitrogens is 2. The van der Waals surface area contributed by atoms with E-state index >= 15 is 0 Å². The van der Waals surface area contributed by atoms with Crippen LogP contribution in [0, 0.1) is 6.92 Å². The summed E-state index contributed by atoms with van der Waals surface area (Å²) in [5.41, 5.74) is 4.12. The van der Waals surface area contributed by atoms with Gasteiger partial charge in [0.15, 0.2) is 0 Å². The van der Waals surface area contributed by atoms with Gasteiger partial charge in [0.2, 0.25) is 5.91 Å². The second-order valence-electron chi connectivity index (χ2n) is 6.66. The van der Waals surface area contributed by atoms with Crippen molar-refractivity contribution in [1.82, 2.24) is 9.78 Å². The number of fused-ring (bicyclic) bond motifs is 1. The van der Waals surface area contributed by atoms with Crippen molar-refractivity contribution in [2.24, 2.45) is 0 Å². The number of benzene rings is 2. The van der Waals surface area contributed by atoms with Crippen LogP contribution in [-0.2, 0) is 11.3 Å². The van der Waals surface area contributed by atoms with E-state index < -0.39 is 5.97 Å². The van der Waals surface area contributed by atoms with Crippen LogP contribution in [0.2, 0.25) is 0 Å². The predicted molar refractivity (Wildman–Crippen MR) is 109 cm³/mol. The average Bonchev–Trinajstić information content (AvgIpc) is 2.87. The minimum absolute atomic E-state index is 0.0647. The van der Waals surface area contributed by atoms with Crippen molar-refractivity contribution in [3.05, 3.63) is 82.5 Å². The maximum Gasteiger partial charge on any atom is 0.335 e. The van der Waals surface area contributed by atoms with E-state index in [-0.39, 0.29) is 16.7 Å². The number of rotatable bonds is 4. The van der Waals surface area contributed by atoms with Crippen molar-refractivity contribution in [1.29, 1.82) is 0 Å². The molecule has 1 atom stereocenters. The van der Waals surface area contributed by atoms with Crippen LogP contribution in [-0.4, -0.2) is 32.5 Å². The molecule has 0 saturated heterocycles. The first kappa shape index (κ1) is 18.3. The molecule has 1 amide bonds. The Morgan fingerprint density at radius 3 is 2.61 bits per heavy atom. The highest BCUT2D eigenvalue weighted by molar-refractivity contribution is 8.00. The summed E-state index contributed by atoms with van der Waals surface area (Å²) in [7, 11) is 0. The second kappa shape index (κ2) is 7.52. The van der Waals surface area contributed by atoms with Gasteiger partial charge in [0, 0.05) is 5.56 Å². The van der Waals surface area contributed by atoms with Crippen LogP contribution in [0.3, 0.4) is 0 Å². The van der Waals surface area contributed by atoms with Crippen LogP contribution in [0.1, 0.15) is 38.0 Å². The number of carboxylic acid groups (broad SMARTS) is 1. The van der Waals surface area contributed by atoms with Gasteiger partial charge < -0.3 is 10.4 Å². The molecular weight excluding hydrogens is 374 g/mol. The number of hydrogen-bond donors (Lipinski definition) is 2. The molecule has 0 saturated carbocycles. The van der Waals surface area contributed by atoms with E-state index in [9.17, 15) is 9.59 Å². The molecule has 0 fully saturated rings. The Bertz CT molecular complexity index is 1030. The van der Waals surface area contributed by atoms with Crippen LogP contribution in [0.15, 0.2) is 54.6 Å². The molecule has 2 aromatic carbocycles. The van der Waals surface area contributed by atoms with Gasteiger partial charge in [-0.2, -0.15) is 5.10 Å². The molecule has 6 nitrogen and oxygen atoms in total. The maximum absolute atomic E-state index is 12.3. The molecule has 3 aromatic rings. The zero-order valence-electron chi connectivity index (χ0n) is 15.3. The average molecular weight is 393 g/mol. The highest BCUT2D eigenvalue weighted by Gasteiger charge is 2.30. The van der Waals surface area contributed by atoms with Gasteiger partial charge in [0.25, 0.3) is 0 Å². The normalized spacial score (nSPS) is 16.2. The second-order valence-corrected chi connectivity index (χ2v) is 7.75. The van der Waals surface area contributed by atoms with Crippen LogP contribution < -0.4 is 5.32 Å². The van der Waals surface area contributed by atoms with Crippen molar-refractivity contribution in [2.45, 2.75) is 18.7 Å². The fraction of sp³-hybridized carbons (Fsp3) is 0.190. The zero-order valence-corrected chi connectivity index (χ0v) is 16.1. The Morgan fingerprint density at radius 1 is 1.21 bits per heavy atom. The fourth-order valence-corrected chi connectivity index (χ4v) is 4.57. The van der Waals surface area contributed by atoms with E-state index in [0.717, 1.165) is 22.4 Å². The molecule has 1 aliphatic rings. The van der Waals surface area contributed by atoms with Crippen LogP contribution >= 0.6 is 11.8 Å². The Kier molecular flexibility index (Phi) is 4.92. The third kappa shape index (κ3) is 3.53. The van der Waals surface area contributed by atoms with Crippen molar-refractivity contribution in [3.8, 4) is 0 Å². The summed E-state index contributed by atoms with van der Waals surface area (Å²) in [6.07, 6.45) is 0. The number of anilines is 1. The number of aromatic carboxylic acids is 1. The fourth-order valence-electron chi connectivity index (χ4n) is 3.39. The van der Waals surface area contributed by atoms with Gasteiger partial charge in [0.1, 0.15) is 5.82 Å². The molecule has 1 unspecified atom stereocenters. The van der Waals surface area contributed by atoms with E-state index in [1.165, 1.54) is 11.8 Å². The molecule has 1 aromatic heterocycles. The number of amides is 1. The van der Waals surface area contributed by atoms with E-state index in [1.807, 2.05) is 54.1 Å². The van der Waals surface area contributed by atoms with Gasteiger partial charge in [-0.15, -0.1) is 11.8 Å². The summed E-state index contributed by atoms with van der Waals surface area (Å²) >= 11 is 1.52. The SMILES string of the molecule is Cc1nn(Cc2ccccc2)c2c1C(c1ccc(C(=O)O)cc1)SCC(=O)N2. The molecule has 1 aliphatic heterocycles. The Balaban J connectivity index is 1.76. The number of hydrogen-bond acceptors (Lipinski definition) is 4. The van der Waals surface area contributed by atoms with Crippen LogP contribution in [0.4, 0.5) is 5.82 Å². The molecule has 2 heterocycles. The summed E-state index contributed by atoms with van der Waals surface area (Å²) in [5.74, 6) is 0.0170. The summed E-state index contributed by atoms with van der Waals surface area (Å²) < 4.78 is 1.84. The lowest BCUT2D eigenvalue weighted by Crippen LogP contribution is -2.16. The Labute approximate surface area is 166 Å². The number of carboxylic acids is 1. The summed E-state index contributed by atoms with van der Waals surface area (Å²) in [6, 6.07) is 16.8. The van der Waals surface area contributed by atoms with Crippen molar-refractivity contribution in [2.75, 3.05) is 11.1 Å². The summed E-state index contributed by atoms with van der Waals surface area (Å²) in [5, 5.41) is 16.7. The number of nitrogens with zero attached hydrogens (tertiary/aromatic N) is 2. The molecule has 0 spiro atoms. The molecule has 2 N–H and O–H groups in total. The molecule has 4 rings (SSSR count). The van der Waals surface area contributed by atoms with Gasteiger partial charge in [0.05, 0.1) is 28.8 Å². The summed E-state index contributed by atoms with van der Waals surface area (Å²) in [4.78, 5) is 23.5. The smallest absolute Gasteiger partial charge is 0.335 e. The number of thioether (sulfide) groups is 1. The third-order valence-corrected chi connectivity index (χ3v) is 5.98. The molecule has 28 heavy (non-hydrogen) atoms. The lowest BCUT2D eigenvalue weighted by molar-refractivity contribution is -0.113. The van der Waals surface area contributed by atoms with Gasteiger partial charge in [-0.1, -0.05) is 42.5 Å². The van der Waals surface area contributed by atoms with Gasteiger partial charge in [-0.25, -0.2) is 9.48 Å². The van der Waals surface area contributed by atoms with Crippen LogP contribution in [0.25, 0.3) is 0 Å². The highest BCUT2D eigenvalue weighted by Crippen LogP contribution is 2.43. The monoisotopic (exact) mass is 393 g/mol. The lowest BCUT2D eigenvalue weighted by Gasteiger charge is -2.15. The summed E-state index contributed by atoms with van der Waals surface area (Å²) in [6.45, 7) is 2.50. The minimum atomic E-state index is -0.954. The first-order chi connectivity index (χ1) is 13.5. The van der Waals surface area contributed by atoms with Gasteiger partial charge in [-0.3, -0.25) is 4.79 Å². The van der Waals surface area contributed by atoms with Crippen molar-refractivity contribution >= 4 is 29.5 Å². The molecule has 7 heteroatoms. The maximum atomic E-state index is 12.3. The molecule has 0 aliphatic carbocycles. The molecule has 142 valence electrons. The first-order valence-corrected chi connectivity index (χ1v) is 9.93. The van der Waals surface area contributed by atoms with Crippen molar-refractivity contribution in [3.63, 3.8) is 0 Å². The Hall–Kier alpha value is -3.06. The molecular formula is C21H19N3O3S. The standard InChI is InChI=1S/C21H19N3O3S/c1-13-18-19(15-7-9-16(10-8-15)21(26)27)28-12-17(25)22-20(18)24(23-13)11-14-5-3-2-4-6-14/h2-10,19H,11-12H2,1H3,(H,22,25)(H,26,27). The molecule has 0 radical (unpaired) electrons. The quantitative estimate of drug-likeness (QED) is 0.706.